The summed E-state index contributed by atoms with van der Waals surface area (Å²) in [4.78, 5) is 26.1. The minimum absolute atomic E-state index is 0.00353. The molecule has 3 aromatic rings. The molecule has 0 radical (unpaired) electrons. The highest BCUT2D eigenvalue weighted by Crippen LogP contribution is 2.56. The van der Waals surface area contributed by atoms with E-state index in [0.29, 0.717) is 56.9 Å². The van der Waals surface area contributed by atoms with E-state index in [0.717, 1.165) is 11.1 Å². The van der Waals surface area contributed by atoms with Crippen molar-refractivity contribution in [2.45, 2.75) is 59.0 Å². The molecule has 8 heteroatoms. The molecule has 1 aliphatic heterocycles. The average Bonchev–Trinajstić information content (AvgIpc) is 3.18. The summed E-state index contributed by atoms with van der Waals surface area (Å²) in [5, 5.41) is 32.7. The number of fused-ring (bicyclic) bond motifs is 1. The van der Waals surface area contributed by atoms with Crippen LogP contribution >= 0.6 is 31.9 Å². The van der Waals surface area contributed by atoms with Crippen molar-refractivity contribution in [2.24, 2.45) is 0 Å². The Balaban J connectivity index is 2.39. The molecular formula is C29H28Br2O6. The maximum atomic E-state index is 13.5. The molecule has 3 N–H and O–H groups in total. The SMILES string of the molecule is CCc1cc(Br)c(O)c(CC)c1C1(c2c(CC)cc(Br)c(O)c2CC)OC(=O)c2cccc(C(=O)O)c21. The molecular weight excluding hydrogens is 604 g/mol. The van der Waals surface area contributed by atoms with Gasteiger partial charge in [0.05, 0.1) is 20.1 Å². The zero-order valence-electron chi connectivity index (χ0n) is 21.0. The highest BCUT2D eigenvalue weighted by Gasteiger charge is 2.55. The predicted octanol–water partition coefficient (Wildman–Crippen LogP) is 7.03. The van der Waals surface area contributed by atoms with Crippen LogP contribution in [-0.4, -0.2) is 27.3 Å². The van der Waals surface area contributed by atoms with Gasteiger partial charge in [0.25, 0.3) is 0 Å². The Hall–Kier alpha value is -2.84. The Labute approximate surface area is 232 Å². The number of hydrogen-bond acceptors (Lipinski definition) is 5. The third kappa shape index (κ3) is 3.96. The molecule has 0 amide bonds. The second kappa shape index (κ2) is 10.1. The Kier molecular flexibility index (Phi) is 7.45. The van der Waals surface area contributed by atoms with E-state index in [1.807, 2.05) is 27.7 Å². The molecule has 6 nitrogen and oxygen atoms in total. The number of ether oxygens (including phenoxy) is 1. The number of phenolic OH excluding ortho intramolecular Hbond substituents is 2. The first-order valence-electron chi connectivity index (χ1n) is 12.3. The number of carboxylic acid groups (broad SMARTS) is 1. The molecule has 37 heavy (non-hydrogen) atoms. The van der Waals surface area contributed by atoms with Gasteiger partial charge in [-0.1, -0.05) is 33.8 Å². The second-order valence-electron chi connectivity index (χ2n) is 8.96. The van der Waals surface area contributed by atoms with Gasteiger partial charge in [0.15, 0.2) is 5.60 Å². The number of aromatic carboxylic acids is 1. The number of phenols is 2. The highest BCUT2D eigenvalue weighted by atomic mass is 79.9. The number of benzene rings is 3. The van der Waals surface area contributed by atoms with E-state index < -0.39 is 17.5 Å². The summed E-state index contributed by atoms with van der Waals surface area (Å²) < 4.78 is 7.39. The van der Waals surface area contributed by atoms with Crippen molar-refractivity contribution in [3.05, 3.63) is 89.3 Å². The lowest BCUT2D eigenvalue weighted by atomic mass is 9.70. The number of cyclic esters (lactones) is 1. The Morgan fingerprint density at radius 2 is 1.32 bits per heavy atom. The Morgan fingerprint density at radius 1 is 0.838 bits per heavy atom. The van der Waals surface area contributed by atoms with Crippen molar-refractivity contribution in [1.82, 2.24) is 0 Å². The van der Waals surface area contributed by atoms with Gasteiger partial charge in [-0.05, 0) is 92.9 Å². The van der Waals surface area contributed by atoms with Gasteiger partial charge < -0.3 is 20.1 Å². The lowest BCUT2D eigenvalue weighted by molar-refractivity contribution is 0.0234. The zero-order chi connectivity index (χ0) is 27.2. The van der Waals surface area contributed by atoms with Crippen molar-refractivity contribution in [3.8, 4) is 11.5 Å². The number of halogens is 2. The van der Waals surface area contributed by atoms with Crippen LogP contribution in [0.5, 0.6) is 11.5 Å². The van der Waals surface area contributed by atoms with Crippen LogP contribution < -0.4 is 0 Å². The molecule has 0 aliphatic carbocycles. The van der Waals surface area contributed by atoms with Gasteiger partial charge >= 0.3 is 11.9 Å². The maximum absolute atomic E-state index is 13.5. The summed E-state index contributed by atoms with van der Waals surface area (Å²) in [7, 11) is 0. The van der Waals surface area contributed by atoms with Gasteiger partial charge in [0.1, 0.15) is 11.5 Å². The summed E-state index contributed by atoms with van der Waals surface area (Å²) in [6.07, 6.45) is 1.83. The Bertz CT molecular complexity index is 1380. The van der Waals surface area contributed by atoms with Crippen molar-refractivity contribution in [3.63, 3.8) is 0 Å². The van der Waals surface area contributed by atoms with Gasteiger partial charge in [-0.25, -0.2) is 9.59 Å². The van der Waals surface area contributed by atoms with Crippen LogP contribution in [0, 0.1) is 0 Å². The van der Waals surface area contributed by atoms with Crippen LogP contribution in [0.4, 0.5) is 0 Å². The number of carbonyl (C=O) groups excluding carboxylic acids is 1. The van der Waals surface area contributed by atoms with Crippen LogP contribution in [0.15, 0.2) is 39.3 Å². The first-order chi connectivity index (χ1) is 17.6. The normalized spacial score (nSPS) is 13.9. The minimum atomic E-state index is -1.70. The van der Waals surface area contributed by atoms with Gasteiger partial charge in [-0.3, -0.25) is 0 Å². The predicted molar refractivity (Wildman–Crippen MR) is 148 cm³/mol. The monoisotopic (exact) mass is 630 g/mol. The molecule has 0 saturated carbocycles. The topological polar surface area (TPSA) is 104 Å². The quantitative estimate of drug-likeness (QED) is 0.242. The third-order valence-corrected chi connectivity index (χ3v) is 8.37. The minimum Gasteiger partial charge on any atom is -0.506 e. The molecule has 1 aliphatic rings. The second-order valence-corrected chi connectivity index (χ2v) is 10.7. The lowest BCUT2D eigenvalue weighted by Gasteiger charge is -2.38. The first-order valence-corrected chi connectivity index (χ1v) is 13.8. The molecule has 1 heterocycles. The number of aromatic hydroxyl groups is 2. The standard InChI is InChI=1S/C29H28Br2O6/c1-5-14-12-20(30)25(32)16(7-3)22(14)29(23-15(6-2)13-21(31)26(33)17(23)8-4)24-18(27(34)35)10-9-11-19(24)28(36)37-29/h9-13,32-33H,5-8H2,1-4H3,(H,34,35). The van der Waals surface area contributed by atoms with E-state index >= 15 is 0 Å². The number of aryl methyl sites for hydroxylation is 2. The molecule has 0 aromatic heterocycles. The van der Waals surface area contributed by atoms with Crippen LogP contribution in [0.2, 0.25) is 0 Å². The van der Waals surface area contributed by atoms with Crippen LogP contribution in [0.25, 0.3) is 0 Å². The van der Waals surface area contributed by atoms with Crippen LogP contribution in [-0.2, 0) is 36.0 Å². The Morgan fingerprint density at radius 3 is 1.73 bits per heavy atom. The highest BCUT2D eigenvalue weighted by molar-refractivity contribution is 9.10. The van der Waals surface area contributed by atoms with Gasteiger partial charge in [0.2, 0.25) is 0 Å². The molecule has 0 unspecified atom stereocenters. The maximum Gasteiger partial charge on any atom is 0.340 e. The van der Waals surface area contributed by atoms with Crippen molar-refractivity contribution in [2.75, 3.05) is 0 Å². The molecule has 0 saturated heterocycles. The summed E-state index contributed by atoms with van der Waals surface area (Å²) in [6, 6.07) is 8.13. The fourth-order valence-corrected chi connectivity index (χ4v) is 6.66. The molecule has 0 fully saturated rings. The van der Waals surface area contributed by atoms with Crippen molar-refractivity contribution in [1.29, 1.82) is 0 Å². The summed E-state index contributed by atoms with van der Waals surface area (Å²) in [5.41, 5.74) is 2.31. The van der Waals surface area contributed by atoms with E-state index in [2.05, 4.69) is 31.9 Å². The van der Waals surface area contributed by atoms with E-state index in [1.165, 1.54) is 12.1 Å². The number of carboxylic acids is 1. The fraction of sp³-hybridized carbons (Fsp3) is 0.310. The number of hydrogen-bond donors (Lipinski definition) is 3. The van der Waals surface area contributed by atoms with Crippen molar-refractivity contribution >= 4 is 43.8 Å². The molecule has 4 rings (SSSR count). The summed E-state index contributed by atoms with van der Waals surface area (Å²) in [5.74, 6) is -1.85. The number of carbonyl (C=O) groups is 2. The molecule has 0 spiro atoms. The lowest BCUT2D eigenvalue weighted by Crippen LogP contribution is -2.36. The van der Waals surface area contributed by atoms with E-state index in [1.54, 1.807) is 18.2 Å². The van der Waals surface area contributed by atoms with E-state index in [4.69, 9.17) is 4.74 Å². The van der Waals surface area contributed by atoms with E-state index in [-0.39, 0.29) is 28.2 Å². The molecule has 0 atom stereocenters. The number of rotatable bonds is 7. The third-order valence-electron chi connectivity index (χ3n) is 7.16. The molecule has 3 aromatic carbocycles. The van der Waals surface area contributed by atoms with Crippen molar-refractivity contribution < 1.29 is 29.6 Å². The van der Waals surface area contributed by atoms with Gasteiger partial charge in [-0.15, -0.1) is 0 Å². The summed E-state index contributed by atoms with van der Waals surface area (Å²) in [6.45, 7) is 7.69. The molecule has 0 bridgehead atoms. The number of esters is 1. The zero-order valence-corrected chi connectivity index (χ0v) is 24.2. The molecule has 194 valence electrons. The fourth-order valence-electron chi connectivity index (χ4n) is 5.63. The smallest absolute Gasteiger partial charge is 0.340 e. The summed E-state index contributed by atoms with van der Waals surface area (Å²) >= 11 is 6.91. The van der Waals surface area contributed by atoms with E-state index in [9.17, 15) is 24.9 Å². The van der Waals surface area contributed by atoms with Gasteiger partial charge in [-0.2, -0.15) is 0 Å². The van der Waals surface area contributed by atoms with Gasteiger partial charge in [0, 0.05) is 27.8 Å². The first kappa shape index (κ1) is 27.2. The van der Waals surface area contributed by atoms with Crippen LogP contribution in [0.1, 0.15) is 87.4 Å². The largest absolute Gasteiger partial charge is 0.506 e. The average molecular weight is 632 g/mol. The van der Waals surface area contributed by atoms with Crippen LogP contribution in [0.3, 0.4) is 0 Å².